The van der Waals surface area contributed by atoms with Crippen molar-refractivity contribution >= 4 is 23.4 Å². The van der Waals surface area contributed by atoms with Gasteiger partial charge < -0.3 is 19.1 Å². The lowest BCUT2D eigenvalue weighted by Gasteiger charge is -2.42. The summed E-state index contributed by atoms with van der Waals surface area (Å²) >= 11 is 1.52. The Balaban J connectivity index is 1.74. The fourth-order valence-corrected chi connectivity index (χ4v) is 5.38. The molecule has 2 aromatic carbocycles. The quantitative estimate of drug-likeness (QED) is 0.673. The first-order valence-electron chi connectivity index (χ1n) is 10.2. The highest BCUT2D eigenvalue weighted by Gasteiger charge is 2.39. The Hall–Kier alpha value is -3.31. The first-order valence-corrected chi connectivity index (χ1v) is 11.2. The summed E-state index contributed by atoms with van der Waals surface area (Å²) in [5.74, 6) is 1.85. The predicted molar refractivity (Wildman–Crippen MR) is 124 cm³/mol. The number of methoxy groups -OCH3 is 3. The molecular formula is C24H25N3O4S. The number of thioether (sulfide) groups is 1. The molecule has 0 N–H and O–H groups in total. The van der Waals surface area contributed by atoms with Crippen LogP contribution in [-0.2, 0) is 4.79 Å². The molecule has 32 heavy (non-hydrogen) atoms. The van der Waals surface area contributed by atoms with E-state index in [-0.39, 0.29) is 12.3 Å². The summed E-state index contributed by atoms with van der Waals surface area (Å²) in [5, 5.41) is 10.8. The van der Waals surface area contributed by atoms with E-state index in [4.69, 9.17) is 14.2 Å². The zero-order valence-electron chi connectivity index (χ0n) is 18.5. The van der Waals surface area contributed by atoms with Crippen LogP contribution in [0.3, 0.4) is 0 Å². The zero-order valence-corrected chi connectivity index (χ0v) is 19.4. The number of fused-ring (bicyclic) bond motifs is 1. The van der Waals surface area contributed by atoms with Gasteiger partial charge >= 0.3 is 0 Å². The number of nitriles is 1. The van der Waals surface area contributed by atoms with Crippen LogP contribution in [-0.4, -0.2) is 44.7 Å². The fourth-order valence-electron chi connectivity index (χ4n) is 4.22. The molecule has 166 valence electrons. The molecule has 8 heteroatoms. The van der Waals surface area contributed by atoms with E-state index in [1.807, 2.05) is 12.1 Å². The van der Waals surface area contributed by atoms with E-state index < -0.39 is 5.92 Å². The first-order chi connectivity index (χ1) is 15.5. The lowest BCUT2D eigenvalue weighted by Crippen LogP contribution is -2.47. The third kappa shape index (κ3) is 3.73. The number of rotatable bonds is 5. The monoisotopic (exact) mass is 451 g/mol. The van der Waals surface area contributed by atoms with E-state index in [2.05, 4.69) is 30.0 Å². The number of carbonyl (C=O) groups excluding carboxylic acids is 1. The maximum absolute atomic E-state index is 13.3. The van der Waals surface area contributed by atoms with Crippen LogP contribution in [0.15, 0.2) is 47.0 Å². The molecule has 2 aliphatic rings. The normalized spacial score (nSPS) is 18.2. The van der Waals surface area contributed by atoms with Gasteiger partial charge in [-0.2, -0.15) is 5.26 Å². The lowest BCUT2D eigenvalue weighted by atomic mass is 9.85. The van der Waals surface area contributed by atoms with Crippen molar-refractivity contribution in [3.8, 4) is 23.3 Å². The second kappa shape index (κ2) is 9.05. The van der Waals surface area contributed by atoms with Crippen LogP contribution in [0.1, 0.15) is 23.5 Å². The summed E-state index contributed by atoms with van der Waals surface area (Å²) in [5.41, 5.74) is 3.56. The van der Waals surface area contributed by atoms with E-state index in [1.54, 1.807) is 38.4 Å². The van der Waals surface area contributed by atoms with Crippen LogP contribution >= 0.6 is 11.8 Å². The number of benzene rings is 2. The van der Waals surface area contributed by atoms with E-state index >= 15 is 0 Å². The molecule has 1 fully saturated rings. The third-order valence-electron chi connectivity index (χ3n) is 5.86. The Labute approximate surface area is 192 Å². The van der Waals surface area contributed by atoms with Gasteiger partial charge in [0.25, 0.3) is 0 Å². The van der Waals surface area contributed by atoms with E-state index in [0.717, 1.165) is 21.8 Å². The van der Waals surface area contributed by atoms with Gasteiger partial charge in [0.1, 0.15) is 5.75 Å². The Morgan fingerprint density at radius 3 is 2.41 bits per heavy atom. The van der Waals surface area contributed by atoms with Gasteiger partial charge in [0.2, 0.25) is 5.91 Å². The topological polar surface area (TPSA) is 75.0 Å². The number of allylic oxidation sites excluding steroid dienone is 1. The summed E-state index contributed by atoms with van der Waals surface area (Å²) in [7, 11) is 4.68. The number of anilines is 1. The van der Waals surface area contributed by atoms with Gasteiger partial charge in [0.15, 0.2) is 11.5 Å². The summed E-state index contributed by atoms with van der Waals surface area (Å²) in [6.07, 6.45) is 0.181. The standard InChI is InChI=1S/C24H25N3O4S/c1-15-7-5-6-8-19(15)26-13-27-23(28)10-16(18(12-25)24(27)32-14-26)17-9-21(30-3)22(31-4)11-20(17)29-2/h5-9,11,16H,10,13-14H2,1-4H3/t16-/m0/s1. The summed E-state index contributed by atoms with van der Waals surface area (Å²) < 4.78 is 16.4. The van der Waals surface area contributed by atoms with Crippen LogP contribution in [0.25, 0.3) is 0 Å². The molecule has 0 radical (unpaired) electrons. The molecular weight excluding hydrogens is 426 g/mol. The number of hydrogen-bond acceptors (Lipinski definition) is 7. The van der Waals surface area contributed by atoms with Crippen molar-refractivity contribution in [1.82, 2.24) is 4.90 Å². The highest BCUT2D eigenvalue weighted by atomic mass is 32.2. The van der Waals surface area contributed by atoms with Crippen molar-refractivity contribution in [3.05, 3.63) is 58.1 Å². The average molecular weight is 452 g/mol. The number of aryl methyl sites for hydroxylation is 1. The Bertz CT molecular complexity index is 1120. The van der Waals surface area contributed by atoms with Crippen molar-refractivity contribution in [1.29, 1.82) is 5.26 Å². The van der Waals surface area contributed by atoms with Crippen molar-refractivity contribution in [2.24, 2.45) is 0 Å². The molecule has 1 saturated heterocycles. The molecule has 7 nitrogen and oxygen atoms in total. The average Bonchev–Trinajstić information content (AvgIpc) is 2.83. The van der Waals surface area contributed by atoms with E-state index in [1.165, 1.54) is 11.8 Å². The van der Waals surface area contributed by atoms with Crippen LogP contribution in [0.2, 0.25) is 0 Å². The molecule has 0 aromatic heterocycles. The molecule has 1 atom stereocenters. The smallest absolute Gasteiger partial charge is 0.229 e. The second-order valence-electron chi connectivity index (χ2n) is 7.60. The minimum Gasteiger partial charge on any atom is -0.496 e. The predicted octanol–water partition coefficient (Wildman–Crippen LogP) is 4.24. The van der Waals surface area contributed by atoms with Crippen LogP contribution < -0.4 is 19.1 Å². The maximum Gasteiger partial charge on any atom is 0.229 e. The number of hydrogen-bond donors (Lipinski definition) is 0. The van der Waals surface area contributed by atoms with Gasteiger partial charge in [-0.15, -0.1) is 0 Å². The van der Waals surface area contributed by atoms with Crippen LogP contribution in [0, 0.1) is 18.3 Å². The minimum atomic E-state index is -0.411. The van der Waals surface area contributed by atoms with Crippen molar-refractivity contribution < 1.29 is 19.0 Å². The summed E-state index contributed by atoms with van der Waals surface area (Å²) in [4.78, 5) is 17.1. The second-order valence-corrected chi connectivity index (χ2v) is 8.53. The largest absolute Gasteiger partial charge is 0.496 e. The zero-order chi connectivity index (χ0) is 22.8. The van der Waals surface area contributed by atoms with Gasteiger partial charge in [-0.25, -0.2) is 0 Å². The van der Waals surface area contributed by atoms with E-state index in [9.17, 15) is 10.1 Å². The maximum atomic E-state index is 13.3. The molecule has 0 bridgehead atoms. The highest BCUT2D eigenvalue weighted by molar-refractivity contribution is 8.03. The molecule has 0 saturated carbocycles. The van der Waals surface area contributed by atoms with Gasteiger partial charge in [0.05, 0.1) is 50.5 Å². The number of para-hydroxylation sites is 1. The Morgan fingerprint density at radius 2 is 1.75 bits per heavy atom. The van der Waals surface area contributed by atoms with Gasteiger partial charge in [-0.3, -0.25) is 9.69 Å². The molecule has 2 aromatic rings. The third-order valence-corrected chi connectivity index (χ3v) is 7.02. The fraction of sp³-hybridized carbons (Fsp3) is 0.333. The SMILES string of the molecule is COc1cc(OC)c([C@@H]2CC(=O)N3CN(c4ccccc4C)CSC3=C2C#N)cc1OC. The number of ether oxygens (including phenoxy) is 3. The number of carbonyl (C=O) groups is 1. The highest BCUT2D eigenvalue weighted by Crippen LogP contribution is 2.47. The van der Waals surface area contributed by atoms with Crippen molar-refractivity contribution in [2.45, 2.75) is 19.3 Å². The van der Waals surface area contributed by atoms with Crippen molar-refractivity contribution in [3.63, 3.8) is 0 Å². The first kappa shape index (κ1) is 21.9. The summed E-state index contributed by atoms with van der Waals surface area (Å²) in [6, 6.07) is 14.0. The molecule has 1 amide bonds. The van der Waals surface area contributed by atoms with Crippen LogP contribution in [0.5, 0.6) is 17.2 Å². The van der Waals surface area contributed by atoms with Gasteiger partial charge in [-0.05, 0) is 24.6 Å². The van der Waals surface area contributed by atoms with E-state index in [0.29, 0.717) is 35.4 Å². The molecule has 0 spiro atoms. The van der Waals surface area contributed by atoms with Crippen LogP contribution in [0.4, 0.5) is 5.69 Å². The molecule has 0 aliphatic carbocycles. The minimum absolute atomic E-state index is 0.0216. The van der Waals surface area contributed by atoms with Gasteiger partial charge in [-0.1, -0.05) is 30.0 Å². The Morgan fingerprint density at radius 1 is 1.06 bits per heavy atom. The molecule has 0 unspecified atom stereocenters. The Kier molecular flexibility index (Phi) is 6.19. The number of nitrogens with zero attached hydrogens (tertiary/aromatic N) is 3. The number of amides is 1. The lowest BCUT2D eigenvalue weighted by molar-refractivity contribution is -0.129. The molecule has 4 rings (SSSR count). The molecule has 2 aliphatic heterocycles. The van der Waals surface area contributed by atoms with Gasteiger partial charge in [0, 0.05) is 29.7 Å². The molecule has 2 heterocycles. The summed E-state index contributed by atoms with van der Waals surface area (Å²) in [6.45, 7) is 2.48. The van der Waals surface area contributed by atoms with Crippen molar-refractivity contribution in [2.75, 3.05) is 38.8 Å².